The van der Waals surface area contributed by atoms with E-state index in [-0.39, 0.29) is 0 Å². The molecule has 2 saturated carbocycles. The van der Waals surface area contributed by atoms with E-state index < -0.39 is 0 Å². The summed E-state index contributed by atoms with van der Waals surface area (Å²) in [5.74, 6) is 0. The average Bonchev–Trinajstić information content (AvgIpc) is 1.78. The molecule has 0 N–H and O–H groups in total. The molecule has 10 heavy (non-hydrogen) atoms. The Morgan fingerprint density at radius 1 is 1.50 bits per heavy atom. The van der Waals surface area contributed by atoms with E-state index in [9.17, 15) is 0 Å². The lowest BCUT2D eigenvalue weighted by atomic mass is 9.54. The van der Waals surface area contributed by atoms with Gasteiger partial charge in [-0.3, -0.25) is 0 Å². The van der Waals surface area contributed by atoms with Crippen molar-refractivity contribution in [2.24, 2.45) is 5.41 Å². The molecule has 0 radical (unpaired) electrons. The van der Waals surface area contributed by atoms with Crippen LogP contribution in [0.2, 0.25) is 0 Å². The minimum Gasteiger partial charge on any atom is -0.381 e. The zero-order valence-corrected chi connectivity index (χ0v) is 7.23. The third-order valence-corrected chi connectivity index (χ3v) is 4.04. The monoisotopic (exact) mass is 158 g/mol. The predicted octanol–water partition coefficient (Wildman–Crippen LogP) is 1.87. The molecule has 1 nitrogen and oxygen atoms in total. The summed E-state index contributed by atoms with van der Waals surface area (Å²) in [6.45, 7) is 0. The summed E-state index contributed by atoms with van der Waals surface area (Å²) in [6, 6.07) is 0. The Balaban J connectivity index is 2.03. The van der Waals surface area contributed by atoms with Gasteiger partial charge in [-0.1, -0.05) is 6.42 Å². The Bertz CT molecular complexity index is 142. The fourth-order valence-corrected chi connectivity index (χ4v) is 2.91. The molecular formula is C8H14OS. The van der Waals surface area contributed by atoms with Crippen molar-refractivity contribution in [1.82, 2.24) is 0 Å². The van der Waals surface area contributed by atoms with Crippen LogP contribution in [-0.2, 0) is 4.74 Å². The van der Waals surface area contributed by atoms with Crippen LogP contribution in [0.5, 0.6) is 0 Å². The number of methoxy groups -OCH3 is 1. The van der Waals surface area contributed by atoms with Crippen molar-refractivity contribution in [2.45, 2.75) is 37.0 Å². The molecule has 2 fully saturated rings. The Morgan fingerprint density at radius 2 is 2.20 bits per heavy atom. The molecule has 0 aromatic carbocycles. The second-order valence-corrected chi connectivity index (χ2v) is 4.19. The molecule has 2 rings (SSSR count). The van der Waals surface area contributed by atoms with Crippen molar-refractivity contribution < 1.29 is 4.74 Å². The highest BCUT2D eigenvalue weighted by Gasteiger charge is 2.57. The van der Waals surface area contributed by atoms with Gasteiger partial charge in [0.1, 0.15) is 0 Å². The fourth-order valence-electron chi connectivity index (χ4n) is 2.30. The molecule has 0 aromatic rings. The van der Waals surface area contributed by atoms with Gasteiger partial charge in [-0.05, 0) is 19.3 Å². The topological polar surface area (TPSA) is 9.23 Å². The molecule has 2 heteroatoms. The van der Waals surface area contributed by atoms with Crippen molar-refractivity contribution in [1.29, 1.82) is 0 Å². The molecule has 58 valence electrons. The van der Waals surface area contributed by atoms with Gasteiger partial charge in [0, 0.05) is 17.8 Å². The normalized spacial score (nSPS) is 42.6. The number of rotatable bonds is 1. The maximum Gasteiger partial charge on any atom is 0.0648 e. The van der Waals surface area contributed by atoms with Gasteiger partial charge in [0.2, 0.25) is 0 Å². The van der Waals surface area contributed by atoms with Crippen molar-refractivity contribution >= 4 is 12.6 Å². The molecule has 2 unspecified atom stereocenters. The Morgan fingerprint density at radius 3 is 2.40 bits per heavy atom. The summed E-state index contributed by atoms with van der Waals surface area (Å²) in [6.07, 6.45) is 5.78. The fraction of sp³-hybridized carbons (Fsp3) is 1.00. The smallest absolute Gasteiger partial charge is 0.0648 e. The van der Waals surface area contributed by atoms with Crippen LogP contribution in [0.3, 0.4) is 0 Å². The second kappa shape index (κ2) is 2.15. The van der Waals surface area contributed by atoms with E-state index in [0.717, 1.165) is 0 Å². The molecule has 2 atom stereocenters. The van der Waals surface area contributed by atoms with E-state index in [1.807, 2.05) is 7.11 Å². The minimum absolute atomic E-state index is 0.512. The van der Waals surface area contributed by atoms with Gasteiger partial charge in [-0.15, -0.1) is 0 Å². The molecule has 0 heterocycles. The number of ether oxygens (including phenoxy) is 1. The summed E-state index contributed by atoms with van der Waals surface area (Å²) in [4.78, 5) is 0. The van der Waals surface area contributed by atoms with Crippen LogP contribution in [0.1, 0.15) is 25.7 Å². The maximum atomic E-state index is 5.37. The molecule has 0 saturated heterocycles. The van der Waals surface area contributed by atoms with Crippen molar-refractivity contribution in [3.63, 3.8) is 0 Å². The van der Waals surface area contributed by atoms with Crippen LogP contribution in [0, 0.1) is 5.41 Å². The lowest BCUT2D eigenvalue weighted by Gasteiger charge is -2.59. The first kappa shape index (κ1) is 6.99. The minimum atomic E-state index is 0.512. The summed E-state index contributed by atoms with van der Waals surface area (Å²) < 4.78 is 5.37. The molecular weight excluding hydrogens is 144 g/mol. The number of hydrogen-bond acceptors (Lipinski definition) is 2. The van der Waals surface area contributed by atoms with Crippen molar-refractivity contribution in [3.05, 3.63) is 0 Å². The molecule has 1 spiro atoms. The quantitative estimate of drug-likeness (QED) is 0.573. The largest absolute Gasteiger partial charge is 0.381 e. The maximum absolute atomic E-state index is 5.37. The van der Waals surface area contributed by atoms with E-state index >= 15 is 0 Å². The van der Waals surface area contributed by atoms with Crippen LogP contribution >= 0.6 is 12.6 Å². The highest BCUT2D eigenvalue weighted by Crippen LogP contribution is 2.59. The first-order valence-electron chi connectivity index (χ1n) is 4.00. The molecule has 0 amide bonds. The molecule has 0 bridgehead atoms. The zero-order valence-electron chi connectivity index (χ0n) is 6.34. The molecule has 0 aromatic heterocycles. The standard InChI is InChI=1S/C8H14OS/c1-9-6-5-7(10)8(6)3-2-4-8/h6-7,10H,2-5H2,1H3. The van der Waals surface area contributed by atoms with Crippen LogP contribution in [-0.4, -0.2) is 18.5 Å². The van der Waals surface area contributed by atoms with Crippen LogP contribution in [0.25, 0.3) is 0 Å². The SMILES string of the molecule is COC1CC(S)C12CCC2. The Kier molecular flexibility index (Phi) is 1.50. The van der Waals surface area contributed by atoms with Gasteiger partial charge in [0.15, 0.2) is 0 Å². The van der Waals surface area contributed by atoms with Gasteiger partial charge in [0.05, 0.1) is 6.10 Å². The van der Waals surface area contributed by atoms with Gasteiger partial charge in [-0.25, -0.2) is 0 Å². The number of thiol groups is 1. The van der Waals surface area contributed by atoms with Crippen LogP contribution < -0.4 is 0 Å². The molecule has 0 aliphatic heterocycles. The average molecular weight is 158 g/mol. The van der Waals surface area contributed by atoms with E-state index in [1.165, 1.54) is 25.7 Å². The van der Waals surface area contributed by atoms with Gasteiger partial charge in [-0.2, -0.15) is 12.6 Å². The second-order valence-electron chi connectivity index (χ2n) is 3.56. The lowest BCUT2D eigenvalue weighted by Crippen LogP contribution is -2.59. The zero-order chi connectivity index (χ0) is 7.19. The van der Waals surface area contributed by atoms with Gasteiger partial charge in [0.25, 0.3) is 0 Å². The van der Waals surface area contributed by atoms with E-state index in [4.69, 9.17) is 4.74 Å². The summed E-state index contributed by atoms with van der Waals surface area (Å²) in [5.41, 5.74) is 0.512. The first-order chi connectivity index (χ1) is 4.79. The summed E-state index contributed by atoms with van der Waals surface area (Å²) in [5, 5.41) is 0.631. The highest BCUT2D eigenvalue weighted by atomic mass is 32.1. The van der Waals surface area contributed by atoms with Gasteiger partial charge >= 0.3 is 0 Å². The van der Waals surface area contributed by atoms with E-state index in [1.54, 1.807) is 0 Å². The Hall–Kier alpha value is 0.310. The van der Waals surface area contributed by atoms with Crippen molar-refractivity contribution in [3.8, 4) is 0 Å². The lowest BCUT2D eigenvalue weighted by molar-refractivity contribution is -0.127. The third-order valence-electron chi connectivity index (χ3n) is 3.31. The van der Waals surface area contributed by atoms with Crippen LogP contribution in [0.4, 0.5) is 0 Å². The van der Waals surface area contributed by atoms with E-state index in [0.29, 0.717) is 16.8 Å². The highest BCUT2D eigenvalue weighted by molar-refractivity contribution is 7.81. The van der Waals surface area contributed by atoms with Crippen LogP contribution in [0.15, 0.2) is 0 Å². The Labute approximate surface area is 67.6 Å². The summed E-state index contributed by atoms with van der Waals surface area (Å²) in [7, 11) is 1.82. The first-order valence-corrected chi connectivity index (χ1v) is 4.52. The van der Waals surface area contributed by atoms with E-state index in [2.05, 4.69) is 12.6 Å². The molecule has 2 aliphatic rings. The van der Waals surface area contributed by atoms with Gasteiger partial charge < -0.3 is 4.74 Å². The third kappa shape index (κ3) is 0.641. The van der Waals surface area contributed by atoms with Crippen molar-refractivity contribution in [2.75, 3.05) is 7.11 Å². The predicted molar refractivity (Wildman–Crippen MR) is 44.5 cm³/mol. The number of hydrogen-bond donors (Lipinski definition) is 1. The summed E-state index contributed by atoms with van der Waals surface area (Å²) >= 11 is 4.53. The molecule has 2 aliphatic carbocycles.